The molecule has 0 bridgehead atoms. The van der Waals surface area contributed by atoms with Gasteiger partial charge in [0.1, 0.15) is 5.82 Å². The van der Waals surface area contributed by atoms with Crippen LogP contribution in [0.4, 0.5) is 5.95 Å². The Morgan fingerprint density at radius 2 is 2.32 bits per heavy atom. The summed E-state index contributed by atoms with van der Waals surface area (Å²) in [4.78, 5) is 6.91. The average Bonchev–Trinajstić information content (AvgIpc) is 2.89. The van der Waals surface area contributed by atoms with Gasteiger partial charge in [0.05, 0.1) is 0 Å². The molecule has 2 heterocycles. The van der Waals surface area contributed by atoms with Gasteiger partial charge in [0.15, 0.2) is 0 Å². The number of piperidine rings is 1. The Labute approximate surface area is 116 Å². The predicted molar refractivity (Wildman–Crippen MR) is 78.4 cm³/mol. The Kier molecular flexibility index (Phi) is 5.19. The van der Waals surface area contributed by atoms with E-state index in [1.165, 1.54) is 19.3 Å². The van der Waals surface area contributed by atoms with Crippen LogP contribution >= 0.6 is 0 Å². The van der Waals surface area contributed by atoms with Crippen LogP contribution in [0.2, 0.25) is 0 Å². The van der Waals surface area contributed by atoms with E-state index >= 15 is 0 Å². The average molecular weight is 265 g/mol. The molecule has 5 heteroatoms. The quantitative estimate of drug-likeness (QED) is 0.828. The lowest BCUT2D eigenvalue weighted by molar-refractivity contribution is 0.499. The number of aromatic nitrogens is 3. The normalized spacial score (nSPS) is 21.6. The first-order chi connectivity index (χ1) is 9.24. The predicted octanol–water partition coefficient (Wildman–Crippen LogP) is 2.42. The molecule has 0 spiro atoms. The Balaban J connectivity index is 2.00. The number of unbranched alkanes of at least 4 members (excludes halogenated alkanes) is 1. The first-order valence-corrected chi connectivity index (χ1v) is 7.67. The zero-order valence-electron chi connectivity index (χ0n) is 12.2. The number of anilines is 1. The lowest BCUT2D eigenvalue weighted by atomic mass is 9.99. The summed E-state index contributed by atoms with van der Waals surface area (Å²) >= 11 is 0. The van der Waals surface area contributed by atoms with Crippen molar-refractivity contribution in [2.24, 2.45) is 5.73 Å². The van der Waals surface area contributed by atoms with Gasteiger partial charge in [0.25, 0.3) is 0 Å². The van der Waals surface area contributed by atoms with Crippen LogP contribution in [-0.4, -0.2) is 34.3 Å². The lowest BCUT2D eigenvalue weighted by Crippen LogP contribution is -2.43. The molecule has 2 unspecified atom stereocenters. The number of rotatable bonds is 6. The fourth-order valence-electron chi connectivity index (χ4n) is 2.77. The summed E-state index contributed by atoms with van der Waals surface area (Å²) in [5, 5.41) is 7.52. The summed E-state index contributed by atoms with van der Waals surface area (Å²) in [6, 6.07) is 0.262. The molecule has 2 rings (SSSR count). The van der Waals surface area contributed by atoms with Gasteiger partial charge in [-0.1, -0.05) is 26.7 Å². The van der Waals surface area contributed by atoms with E-state index in [9.17, 15) is 0 Å². The Morgan fingerprint density at radius 3 is 3.00 bits per heavy atom. The van der Waals surface area contributed by atoms with Gasteiger partial charge in [0, 0.05) is 25.0 Å². The molecule has 0 radical (unpaired) electrons. The molecule has 19 heavy (non-hydrogen) atoms. The minimum absolute atomic E-state index is 0.262. The Morgan fingerprint density at radius 1 is 1.47 bits per heavy atom. The van der Waals surface area contributed by atoms with Crippen LogP contribution in [0.15, 0.2) is 0 Å². The van der Waals surface area contributed by atoms with Gasteiger partial charge in [-0.05, 0) is 25.7 Å². The van der Waals surface area contributed by atoms with Gasteiger partial charge >= 0.3 is 0 Å². The summed E-state index contributed by atoms with van der Waals surface area (Å²) in [7, 11) is 0. The van der Waals surface area contributed by atoms with Gasteiger partial charge in [-0.2, -0.15) is 4.98 Å². The summed E-state index contributed by atoms with van der Waals surface area (Å²) in [5.41, 5.74) is 6.01. The van der Waals surface area contributed by atoms with Crippen molar-refractivity contribution in [3.05, 3.63) is 5.82 Å². The largest absolute Gasteiger partial charge is 0.338 e. The van der Waals surface area contributed by atoms with Gasteiger partial charge in [0.2, 0.25) is 5.95 Å². The maximum atomic E-state index is 6.01. The molecule has 5 nitrogen and oxygen atoms in total. The molecule has 0 aromatic carbocycles. The second-order valence-corrected chi connectivity index (χ2v) is 5.62. The van der Waals surface area contributed by atoms with E-state index in [-0.39, 0.29) is 6.04 Å². The Hall–Kier alpha value is -1.10. The maximum Gasteiger partial charge on any atom is 0.244 e. The molecule has 108 valence electrons. The van der Waals surface area contributed by atoms with E-state index in [2.05, 4.69) is 28.9 Å². The minimum atomic E-state index is 0.262. The fourth-order valence-corrected chi connectivity index (χ4v) is 2.77. The van der Waals surface area contributed by atoms with Crippen LogP contribution in [0.3, 0.4) is 0 Å². The number of nitrogens with zero attached hydrogens (tertiary/aromatic N) is 3. The number of nitrogens with one attached hydrogen (secondary N) is 1. The van der Waals surface area contributed by atoms with Crippen LogP contribution in [-0.2, 0) is 0 Å². The van der Waals surface area contributed by atoms with Crippen LogP contribution in [0.25, 0.3) is 0 Å². The van der Waals surface area contributed by atoms with Crippen LogP contribution < -0.4 is 10.6 Å². The van der Waals surface area contributed by atoms with Crippen LogP contribution in [0, 0.1) is 0 Å². The van der Waals surface area contributed by atoms with Crippen molar-refractivity contribution in [1.82, 2.24) is 15.2 Å². The third-order valence-corrected chi connectivity index (χ3v) is 4.02. The van der Waals surface area contributed by atoms with E-state index < -0.39 is 0 Å². The molecule has 3 N–H and O–H groups in total. The van der Waals surface area contributed by atoms with Crippen molar-refractivity contribution >= 4 is 5.95 Å². The minimum Gasteiger partial charge on any atom is -0.338 e. The zero-order chi connectivity index (χ0) is 13.7. The third kappa shape index (κ3) is 3.69. The molecule has 2 atom stereocenters. The highest BCUT2D eigenvalue weighted by molar-refractivity contribution is 5.30. The molecule has 1 aliphatic heterocycles. The second-order valence-electron chi connectivity index (χ2n) is 5.62. The first-order valence-electron chi connectivity index (χ1n) is 7.67. The monoisotopic (exact) mass is 265 g/mol. The molecule has 1 fully saturated rings. The van der Waals surface area contributed by atoms with Crippen molar-refractivity contribution in [2.45, 2.75) is 64.3 Å². The van der Waals surface area contributed by atoms with E-state index in [1.807, 2.05) is 0 Å². The number of aromatic amines is 1. The van der Waals surface area contributed by atoms with Gasteiger partial charge < -0.3 is 10.6 Å². The molecule has 0 amide bonds. The highest BCUT2D eigenvalue weighted by Crippen LogP contribution is 2.24. The molecule has 1 aromatic rings. The van der Waals surface area contributed by atoms with Gasteiger partial charge in [-0.3, -0.25) is 5.10 Å². The highest BCUT2D eigenvalue weighted by Gasteiger charge is 2.21. The molecular weight excluding hydrogens is 238 g/mol. The number of hydrogen-bond donors (Lipinski definition) is 2. The highest BCUT2D eigenvalue weighted by atomic mass is 15.4. The molecule has 1 aromatic heterocycles. The van der Waals surface area contributed by atoms with E-state index in [1.54, 1.807) is 0 Å². The molecule has 0 aliphatic carbocycles. The molecule has 0 saturated carbocycles. The van der Waals surface area contributed by atoms with Crippen molar-refractivity contribution in [3.63, 3.8) is 0 Å². The lowest BCUT2D eigenvalue weighted by Gasteiger charge is -2.29. The maximum absolute atomic E-state index is 6.01. The number of H-pyrrole nitrogens is 1. The Bertz CT molecular complexity index is 376. The zero-order valence-corrected chi connectivity index (χ0v) is 12.2. The first kappa shape index (κ1) is 14.3. The molecule has 1 aliphatic rings. The summed E-state index contributed by atoms with van der Waals surface area (Å²) in [5.74, 6) is 2.39. The number of hydrogen-bond acceptors (Lipinski definition) is 4. The fraction of sp³-hybridized carbons (Fsp3) is 0.857. The van der Waals surface area contributed by atoms with Crippen LogP contribution in [0.1, 0.15) is 64.1 Å². The van der Waals surface area contributed by atoms with Crippen molar-refractivity contribution in [3.8, 4) is 0 Å². The van der Waals surface area contributed by atoms with Gasteiger partial charge in [-0.25, -0.2) is 0 Å². The van der Waals surface area contributed by atoms with Crippen molar-refractivity contribution < 1.29 is 0 Å². The van der Waals surface area contributed by atoms with Crippen LogP contribution in [0.5, 0.6) is 0 Å². The number of nitrogens with two attached hydrogens (primary N) is 1. The van der Waals surface area contributed by atoms with E-state index in [4.69, 9.17) is 10.7 Å². The van der Waals surface area contributed by atoms with Crippen molar-refractivity contribution in [1.29, 1.82) is 0 Å². The molecule has 1 saturated heterocycles. The standard InChI is InChI=1S/C14H27N5/c1-3-5-7-11(4-2)13-16-14(18-17-13)19-9-6-8-12(15)10-19/h11-12H,3-10,15H2,1-2H3,(H,16,17,18). The summed E-state index contributed by atoms with van der Waals surface area (Å²) in [6.07, 6.45) is 7.05. The smallest absolute Gasteiger partial charge is 0.244 e. The second kappa shape index (κ2) is 6.89. The summed E-state index contributed by atoms with van der Waals surface area (Å²) in [6.45, 7) is 6.35. The van der Waals surface area contributed by atoms with E-state index in [0.29, 0.717) is 5.92 Å². The third-order valence-electron chi connectivity index (χ3n) is 4.02. The SMILES string of the molecule is CCCCC(CC)c1nc(N2CCCC(N)C2)n[nH]1. The molecular formula is C14H27N5. The van der Waals surface area contributed by atoms with Gasteiger partial charge in [-0.15, -0.1) is 5.10 Å². The topological polar surface area (TPSA) is 70.8 Å². The van der Waals surface area contributed by atoms with E-state index in [0.717, 1.165) is 44.1 Å². The summed E-state index contributed by atoms with van der Waals surface area (Å²) < 4.78 is 0. The van der Waals surface area contributed by atoms with Crippen molar-refractivity contribution in [2.75, 3.05) is 18.0 Å².